The van der Waals surface area contributed by atoms with Crippen LogP contribution in [0.15, 0.2) is 47.1 Å². The Balaban J connectivity index is 1.94. The van der Waals surface area contributed by atoms with Crippen molar-refractivity contribution in [3.05, 3.63) is 47.1 Å². The van der Waals surface area contributed by atoms with Gasteiger partial charge in [0.15, 0.2) is 5.78 Å². The quantitative estimate of drug-likeness (QED) is 0.191. The zero-order valence-corrected chi connectivity index (χ0v) is 24.2. The number of fused-ring (bicyclic) bond motifs is 2. The van der Waals surface area contributed by atoms with E-state index >= 15 is 0 Å². The van der Waals surface area contributed by atoms with Crippen LogP contribution in [0.3, 0.4) is 0 Å². The molecule has 0 radical (unpaired) electrons. The van der Waals surface area contributed by atoms with E-state index in [4.69, 9.17) is 9.47 Å². The molecule has 5 nitrogen and oxygen atoms in total. The predicted octanol–water partition coefficient (Wildman–Crippen LogP) is 6.94. The van der Waals surface area contributed by atoms with Gasteiger partial charge in [-0.15, -0.1) is 0 Å². The van der Waals surface area contributed by atoms with Crippen molar-refractivity contribution in [2.24, 2.45) is 34.0 Å². The van der Waals surface area contributed by atoms with E-state index in [9.17, 15) is 14.4 Å². The number of allylic oxidation sites excluding steroid dienone is 6. The molecule has 1 fully saturated rings. The molecule has 3 aliphatic rings. The number of carbonyl (C=O) groups excluding carboxylic acids is 3. The monoisotopic (exact) mass is 510 g/mol. The molecule has 37 heavy (non-hydrogen) atoms. The zero-order chi connectivity index (χ0) is 27.8. The topological polar surface area (TPSA) is 69.7 Å². The smallest absolute Gasteiger partial charge is 0.333 e. The van der Waals surface area contributed by atoms with Crippen molar-refractivity contribution in [2.45, 2.75) is 86.5 Å². The van der Waals surface area contributed by atoms with Crippen LogP contribution in [0, 0.1) is 34.0 Å². The second-order valence-electron chi connectivity index (χ2n) is 12.4. The highest BCUT2D eigenvalue weighted by Crippen LogP contribution is 2.68. The summed E-state index contributed by atoms with van der Waals surface area (Å²) in [6, 6.07) is 0. The van der Waals surface area contributed by atoms with Gasteiger partial charge in [-0.05, 0) is 85.7 Å². The van der Waals surface area contributed by atoms with Crippen LogP contribution in [0.1, 0.15) is 86.5 Å². The van der Waals surface area contributed by atoms with Gasteiger partial charge in [-0.25, -0.2) is 4.79 Å². The average molecular weight is 511 g/mol. The van der Waals surface area contributed by atoms with E-state index in [0.717, 1.165) is 37.7 Å². The van der Waals surface area contributed by atoms with E-state index in [0.29, 0.717) is 24.3 Å². The third-order valence-corrected chi connectivity index (χ3v) is 10.6. The van der Waals surface area contributed by atoms with Crippen LogP contribution < -0.4 is 0 Å². The Bertz CT molecular complexity index is 1060. The largest absolute Gasteiger partial charge is 0.469 e. The summed E-state index contributed by atoms with van der Waals surface area (Å²) in [5.41, 5.74) is 4.36. The van der Waals surface area contributed by atoms with Crippen LogP contribution in [0.5, 0.6) is 0 Å². The predicted molar refractivity (Wildman–Crippen MR) is 147 cm³/mol. The first-order valence-electron chi connectivity index (χ1n) is 13.7. The maximum Gasteiger partial charge on any atom is 0.333 e. The Morgan fingerprint density at radius 1 is 1.14 bits per heavy atom. The third kappa shape index (κ3) is 5.03. The number of hydrogen-bond acceptors (Lipinski definition) is 5. The fraction of sp³-hybridized carbons (Fsp3) is 0.656. The minimum absolute atomic E-state index is 0.00327. The van der Waals surface area contributed by atoms with E-state index in [1.807, 2.05) is 0 Å². The maximum absolute atomic E-state index is 12.9. The lowest BCUT2D eigenvalue weighted by Gasteiger charge is -2.55. The van der Waals surface area contributed by atoms with Crippen LogP contribution in [-0.4, -0.2) is 31.9 Å². The first-order chi connectivity index (χ1) is 17.2. The Labute approximate surface area is 223 Å². The Morgan fingerprint density at radius 2 is 1.81 bits per heavy atom. The molecule has 0 N–H and O–H groups in total. The molecular formula is C32H46O5. The average Bonchev–Trinajstić information content (AvgIpc) is 3.13. The highest BCUT2D eigenvalue weighted by atomic mass is 16.5. The summed E-state index contributed by atoms with van der Waals surface area (Å²) < 4.78 is 9.73. The lowest BCUT2D eigenvalue weighted by Crippen LogP contribution is -2.46. The van der Waals surface area contributed by atoms with Gasteiger partial charge >= 0.3 is 11.9 Å². The molecule has 5 heteroatoms. The number of rotatable bonds is 9. The molecule has 0 saturated heterocycles. The standard InChI is InChI=1S/C32H46O5/c1-20(2)25-11-10-24-26(30(25,5)15-14-28(34)36-8)12-17-32(7)27(24)13-16-31(32,6)22(4)19-23(33)18-21(3)29(35)37-9/h10-11,18,22,25-26H,1,12-17,19H2,2-9H3/b21-18-/t22-,25+,26-,30+,31+,32-/m1/s1. The molecule has 3 rings (SSSR count). The number of carbonyl (C=O) groups is 3. The summed E-state index contributed by atoms with van der Waals surface area (Å²) in [4.78, 5) is 36.7. The summed E-state index contributed by atoms with van der Waals surface area (Å²) in [6.07, 6.45) is 11.9. The summed E-state index contributed by atoms with van der Waals surface area (Å²) in [6.45, 7) is 17.3. The third-order valence-electron chi connectivity index (χ3n) is 10.6. The second kappa shape index (κ2) is 10.7. The number of ether oxygens (including phenoxy) is 2. The van der Waals surface area contributed by atoms with E-state index in [-0.39, 0.29) is 39.8 Å². The molecule has 0 heterocycles. The Hall–Kier alpha value is -2.43. The van der Waals surface area contributed by atoms with Gasteiger partial charge < -0.3 is 9.47 Å². The lowest BCUT2D eigenvalue weighted by molar-refractivity contribution is -0.141. The van der Waals surface area contributed by atoms with Crippen molar-refractivity contribution in [2.75, 3.05) is 14.2 Å². The Morgan fingerprint density at radius 3 is 2.41 bits per heavy atom. The molecule has 0 aromatic rings. The second-order valence-corrected chi connectivity index (χ2v) is 12.4. The lowest BCUT2D eigenvalue weighted by atomic mass is 9.49. The maximum atomic E-state index is 12.9. The minimum Gasteiger partial charge on any atom is -0.469 e. The summed E-state index contributed by atoms with van der Waals surface area (Å²) in [7, 11) is 2.79. The highest BCUT2D eigenvalue weighted by Gasteiger charge is 2.58. The van der Waals surface area contributed by atoms with Crippen molar-refractivity contribution in [3.8, 4) is 0 Å². The van der Waals surface area contributed by atoms with Gasteiger partial charge in [-0.2, -0.15) is 0 Å². The molecular weight excluding hydrogens is 464 g/mol. The van der Waals surface area contributed by atoms with Crippen LogP contribution in [0.25, 0.3) is 0 Å². The van der Waals surface area contributed by atoms with Crippen molar-refractivity contribution in [1.29, 1.82) is 0 Å². The molecule has 204 valence electrons. The van der Waals surface area contributed by atoms with E-state index in [1.165, 1.54) is 31.4 Å². The van der Waals surface area contributed by atoms with Crippen LogP contribution in [-0.2, 0) is 23.9 Å². The van der Waals surface area contributed by atoms with Gasteiger partial charge in [-0.3, -0.25) is 9.59 Å². The van der Waals surface area contributed by atoms with Gasteiger partial charge in [0, 0.05) is 24.3 Å². The minimum atomic E-state index is -0.460. The number of hydrogen-bond donors (Lipinski definition) is 0. The van der Waals surface area contributed by atoms with Crippen LogP contribution in [0.4, 0.5) is 0 Å². The molecule has 0 unspecified atom stereocenters. The van der Waals surface area contributed by atoms with Crippen LogP contribution >= 0.6 is 0 Å². The SMILES string of the molecule is C=C(C)[C@@H]1C=CC2=C3CC[C@@](C)([C@H](C)CC(=O)/C=C(/C)C(=O)OC)[C@]3(C)CC[C@H]2[C@@]1(C)CCC(=O)OC. The van der Waals surface area contributed by atoms with Gasteiger partial charge in [0.05, 0.1) is 14.2 Å². The van der Waals surface area contributed by atoms with Gasteiger partial charge in [0.1, 0.15) is 0 Å². The normalized spacial score (nSPS) is 33.9. The van der Waals surface area contributed by atoms with E-state index < -0.39 is 5.97 Å². The first kappa shape index (κ1) is 29.1. The summed E-state index contributed by atoms with van der Waals surface area (Å²) in [5, 5.41) is 0. The van der Waals surface area contributed by atoms with Crippen molar-refractivity contribution < 1.29 is 23.9 Å². The van der Waals surface area contributed by atoms with Gasteiger partial charge in [0.2, 0.25) is 0 Å². The fourth-order valence-electron chi connectivity index (χ4n) is 7.89. The van der Waals surface area contributed by atoms with E-state index in [2.05, 4.69) is 53.3 Å². The Kier molecular flexibility index (Phi) is 8.46. The molecule has 0 aliphatic heterocycles. The van der Waals surface area contributed by atoms with Crippen molar-refractivity contribution in [1.82, 2.24) is 0 Å². The molecule has 0 aromatic heterocycles. The highest BCUT2D eigenvalue weighted by molar-refractivity contribution is 5.99. The molecule has 0 bridgehead atoms. The molecule has 1 saturated carbocycles. The van der Waals surface area contributed by atoms with Crippen molar-refractivity contribution in [3.63, 3.8) is 0 Å². The number of methoxy groups -OCH3 is 2. The van der Waals surface area contributed by atoms with Crippen LogP contribution in [0.2, 0.25) is 0 Å². The molecule has 0 spiro atoms. The molecule has 3 aliphatic carbocycles. The van der Waals surface area contributed by atoms with Gasteiger partial charge in [-0.1, -0.05) is 57.6 Å². The summed E-state index contributed by atoms with van der Waals surface area (Å²) >= 11 is 0. The zero-order valence-electron chi connectivity index (χ0n) is 24.2. The van der Waals surface area contributed by atoms with Crippen molar-refractivity contribution >= 4 is 17.7 Å². The summed E-state index contributed by atoms with van der Waals surface area (Å²) in [5.74, 6) is 0.129. The molecule has 0 aromatic carbocycles. The number of ketones is 1. The first-order valence-corrected chi connectivity index (χ1v) is 13.7. The van der Waals surface area contributed by atoms with Gasteiger partial charge in [0.25, 0.3) is 0 Å². The molecule has 0 amide bonds. The molecule has 6 atom stereocenters. The van der Waals surface area contributed by atoms with E-state index in [1.54, 1.807) is 6.92 Å². The number of esters is 2. The fourth-order valence-corrected chi connectivity index (χ4v) is 7.89.